The molecule has 192 valence electrons. The van der Waals surface area contributed by atoms with Crippen LogP contribution in [0.25, 0.3) is 5.76 Å². The second kappa shape index (κ2) is 9.38. The number of ether oxygens (including phenoxy) is 1. The second-order valence-corrected chi connectivity index (χ2v) is 10.7. The van der Waals surface area contributed by atoms with Crippen LogP contribution in [0.15, 0.2) is 72.3 Å². The predicted octanol–water partition coefficient (Wildman–Crippen LogP) is 5.31. The van der Waals surface area contributed by atoms with E-state index >= 15 is 0 Å². The largest absolute Gasteiger partial charge is 0.507 e. The van der Waals surface area contributed by atoms with Crippen LogP contribution >= 0.6 is 0 Å². The zero-order valence-electron chi connectivity index (χ0n) is 21.9. The molecule has 7 heteroatoms. The van der Waals surface area contributed by atoms with E-state index in [2.05, 4.69) is 26.8 Å². The molecule has 1 N–H and O–H groups in total. The number of likely N-dealkylation sites (N-methyl/N-ethyl adjacent to an activating group) is 1. The number of carbonyl (C=O) groups excluding carboxylic acids is 2. The minimum Gasteiger partial charge on any atom is -0.507 e. The molecule has 5 rings (SSSR count). The first kappa shape index (κ1) is 25.1. The Hall–Kier alpha value is -4.57. The minimum atomic E-state index is -0.845. The van der Waals surface area contributed by atoms with Crippen LogP contribution in [0.3, 0.4) is 0 Å². The van der Waals surface area contributed by atoms with Crippen molar-refractivity contribution in [3.05, 3.63) is 94.6 Å². The second-order valence-electron chi connectivity index (χ2n) is 10.7. The lowest BCUT2D eigenvalue weighted by atomic mass is 9.85. The fraction of sp³-hybridized carbons (Fsp3) is 0.258. The molecule has 1 unspecified atom stereocenters. The summed E-state index contributed by atoms with van der Waals surface area (Å²) >= 11 is 0. The fourth-order valence-electron chi connectivity index (χ4n) is 4.93. The van der Waals surface area contributed by atoms with E-state index in [1.807, 2.05) is 36.2 Å². The number of nitrogens with zero attached hydrogens (tertiary/aromatic N) is 3. The van der Waals surface area contributed by atoms with Gasteiger partial charge in [-0.05, 0) is 59.0 Å². The van der Waals surface area contributed by atoms with Crippen LogP contribution in [0, 0.1) is 11.3 Å². The SMILES string of the molecule is CN1CCOc2ccc(/C(O)=C3/C(=O)C(=O)N(c4ccc(C#N)cc4)C3c3ccc(C(C)(C)C)cc3)cc21. The van der Waals surface area contributed by atoms with Gasteiger partial charge in [0.25, 0.3) is 11.7 Å². The fourth-order valence-corrected chi connectivity index (χ4v) is 4.93. The van der Waals surface area contributed by atoms with Crippen LogP contribution in [0.5, 0.6) is 5.75 Å². The first-order valence-electron chi connectivity index (χ1n) is 12.5. The maximum Gasteiger partial charge on any atom is 0.300 e. The molecule has 2 heterocycles. The van der Waals surface area contributed by atoms with Gasteiger partial charge in [0.2, 0.25) is 0 Å². The molecule has 0 radical (unpaired) electrons. The van der Waals surface area contributed by atoms with Crippen molar-refractivity contribution in [2.24, 2.45) is 0 Å². The normalized spacial score (nSPS) is 18.7. The van der Waals surface area contributed by atoms with Crippen LogP contribution in [-0.4, -0.2) is 37.0 Å². The van der Waals surface area contributed by atoms with Gasteiger partial charge in [0, 0.05) is 18.3 Å². The molecule has 1 saturated heterocycles. The van der Waals surface area contributed by atoms with E-state index in [-0.39, 0.29) is 16.7 Å². The number of Topliss-reactive ketones (excluding diaryl/α,β-unsaturated/α-hetero) is 1. The third kappa shape index (κ3) is 4.28. The lowest BCUT2D eigenvalue weighted by molar-refractivity contribution is -0.132. The van der Waals surface area contributed by atoms with Crippen molar-refractivity contribution in [1.82, 2.24) is 0 Å². The highest BCUT2D eigenvalue weighted by Crippen LogP contribution is 2.43. The standard InChI is InChI=1S/C31H29N3O4/c1-31(2,3)22-10-7-20(8-11-22)27-26(28(35)21-9-14-25-24(17-21)33(4)15-16-38-25)29(36)30(37)34(27)23-12-5-19(18-32)6-13-23/h5-14,17,27,35H,15-16H2,1-4H3/b28-26-. The Morgan fingerprint density at radius 1 is 1.03 bits per heavy atom. The molecule has 3 aromatic rings. The number of anilines is 2. The van der Waals surface area contributed by atoms with Crippen molar-refractivity contribution in [1.29, 1.82) is 5.26 Å². The highest BCUT2D eigenvalue weighted by molar-refractivity contribution is 6.51. The Bertz CT molecular complexity index is 1490. The Kier molecular flexibility index (Phi) is 6.20. The number of hydrogen-bond donors (Lipinski definition) is 1. The van der Waals surface area contributed by atoms with Gasteiger partial charge in [0.1, 0.15) is 18.1 Å². The summed E-state index contributed by atoms with van der Waals surface area (Å²) in [6, 6.07) is 20.7. The predicted molar refractivity (Wildman–Crippen MR) is 146 cm³/mol. The Balaban J connectivity index is 1.68. The molecule has 2 aliphatic heterocycles. The number of nitriles is 1. The van der Waals surface area contributed by atoms with E-state index in [4.69, 9.17) is 4.74 Å². The molecule has 0 aliphatic carbocycles. The van der Waals surface area contributed by atoms with Gasteiger partial charge in [-0.15, -0.1) is 0 Å². The van der Waals surface area contributed by atoms with Crippen molar-refractivity contribution in [2.45, 2.75) is 32.2 Å². The Labute approximate surface area is 222 Å². The summed E-state index contributed by atoms with van der Waals surface area (Å²) in [5.41, 5.74) is 3.87. The van der Waals surface area contributed by atoms with Crippen molar-refractivity contribution >= 4 is 28.8 Å². The van der Waals surface area contributed by atoms with Crippen LogP contribution in [0.2, 0.25) is 0 Å². The summed E-state index contributed by atoms with van der Waals surface area (Å²) in [5, 5.41) is 20.8. The van der Waals surface area contributed by atoms with E-state index in [0.29, 0.717) is 41.3 Å². The number of rotatable bonds is 3. The Morgan fingerprint density at radius 2 is 1.71 bits per heavy atom. The number of amides is 1. The van der Waals surface area contributed by atoms with Gasteiger partial charge >= 0.3 is 0 Å². The maximum atomic E-state index is 13.5. The quantitative estimate of drug-likeness (QED) is 0.293. The van der Waals surface area contributed by atoms with Gasteiger partial charge in [-0.2, -0.15) is 5.26 Å². The summed E-state index contributed by atoms with van der Waals surface area (Å²) in [4.78, 5) is 30.4. The zero-order valence-corrected chi connectivity index (χ0v) is 21.9. The maximum absolute atomic E-state index is 13.5. The monoisotopic (exact) mass is 507 g/mol. The summed E-state index contributed by atoms with van der Waals surface area (Å²) in [7, 11) is 1.94. The van der Waals surface area contributed by atoms with Crippen molar-refractivity contribution in [3.8, 4) is 11.8 Å². The van der Waals surface area contributed by atoms with Gasteiger partial charge in [0.05, 0.1) is 35.5 Å². The van der Waals surface area contributed by atoms with Gasteiger partial charge < -0.3 is 14.7 Å². The lowest BCUT2D eigenvalue weighted by Gasteiger charge is -2.28. The molecular weight excluding hydrogens is 478 g/mol. The van der Waals surface area contributed by atoms with Gasteiger partial charge in [-0.3, -0.25) is 14.5 Å². The number of hydrogen-bond acceptors (Lipinski definition) is 6. The molecule has 38 heavy (non-hydrogen) atoms. The average Bonchev–Trinajstić information content (AvgIpc) is 3.18. The van der Waals surface area contributed by atoms with E-state index in [1.165, 1.54) is 4.90 Å². The third-order valence-electron chi connectivity index (χ3n) is 7.14. The van der Waals surface area contributed by atoms with Crippen LogP contribution in [-0.2, 0) is 15.0 Å². The summed E-state index contributed by atoms with van der Waals surface area (Å²) in [5.74, 6) is -1.05. The van der Waals surface area contributed by atoms with Crippen LogP contribution in [0.4, 0.5) is 11.4 Å². The van der Waals surface area contributed by atoms with Crippen LogP contribution in [0.1, 0.15) is 49.1 Å². The molecule has 2 aliphatic rings. The molecule has 0 spiro atoms. The molecule has 7 nitrogen and oxygen atoms in total. The number of ketones is 1. The van der Waals surface area contributed by atoms with Crippen molar-refractivity contribution < 1.29 is 19.4 Å². The molecule has 1 fully saturated rings. The first-order chi connectivity index (χ1) is 18.1. The lowest BCUT2D eigenvalue weighted by Crippen LogP contribution is -2.29. The van der Waals surface area contributed by atoms with Gasteiger partial charge in [0.15, 0.2) is 0 Å². The number of carbonyl (C=O) groups is 2. The Morgan fingerprint density at radius 3 is 2.34 bits per heavy atom. The smallest absolute Gasteiger partial charge is 0.300 e. The van der Waals surface area contributed by atoms with Crippen LogP contribution < -0.4 is 14.5 Å². The third-order valence-corrected chi connectivity index (χ3v) is 7.14. The van der Waals surface area contributed by atoms with E-state index in [1.54, 1.807) is 42.5 Å². The highest BCUT2D eigenvalue weighted by atomic mass is 16.5. The highest BCUT2D eigenvalue weighted by Gasteiger charge is 2.47. The average molecular weight is 508 g/mol. The molecule has 1 amide bonds. The van der Waals surface area contributed by atoms with E-state index in [0.717, 1.165) is 11.3 Å². The molecule has 0 bridgehead atoms. The van der Waals surface area contributed by atoms with E-state index in [9.17, 15) is 20.0 Å². The first-order valence-corrected chi connectivity index (χ1v) is 12.5. The van der Waals surface area contributed by atoms with Crippen molar-refractivity contribution in [2.75, 3.05) is 30.0 Å². The zero-order chi connectivity index (χ0) is 27.2. The van der Waals surface area contributed by atoms with Gasteiger partial charge in [-0.1, -0.05) is 45.0 Å². The van der Waals surface area contributed by atoms with Crippen molar-refractivity contribution in [3.63, 3.8) is 0 Å². The van der Waals surface area contributed by atoms with Gasteiger partial charge in [-0.25, -0.2) is 0 Å². The number of aliphatic hydroxyl groups excluding tert-OH is 1. The molecule has 3 aromatic carbocycles. The molecule has 1 atom stereocenters. The summed E-state index contributed by atoms with van der Waals surface area (Å²) in [6.07, 6.45) is 0. The number of aliphatic hydroxyl groups is 1. The number of benzene rings is 3. The summed E-state index contributed by atoms with van der Waals surface area (Å²) in [6.45, 7) is 7.60. The topological polar surface area (TPSA) is 93.9 Å². The number of fused-ring (bicyclic) bond motifs is 1. The molecule has 0 saturated carbocycles. The minimum absolute atomic E-state index is 0.0159. The summed E-state index contributed by atoms with van der Waals surface area (Å²) < 4.78 is 5.72. The molecular formula is C31H29N3O4. The van der Waals surface area contributed by atoms with E-state index < -0.39 is 17.7 Å². The molecule has 0 aromatic heterocycles.